The van der Waals surface area contributed by atoms with Gasteiger partial charge >= 0.3 is 0 Å². The largest absolute Gasteiger partial charge is 0.489 e. The third kappa shape index (κ3) is 6.34. The second-order valence-electron chi connectivity index (χ2n) is 9.11. The fourth-order valence-electron chi connectivity index (χ4n) is 4.22. The summed E-state index contributed by atoms with van der Waals surface area (Å²) in [6, 6.07) is 20.7. The van der Waals surface area contributed by atoms with E-state index in [4.69, 9.17) is 15.7 Å². The number of benzene rings is 3. The molecule has 1 heterocycles. The summed E-state index contributed by atoms with van der Waals surface area (Å²) in [5, 5.41) is 15.0. The molecule has 8 nitrogen and oxygen atoms in total. The zero-order valence-electron chi connectivity index (χ0n) is 20.8. The van der Waals surface area contributed by atoms with Crippen LogP contribution in [0.4, 0.5) is 11.4 Å². The van der Waals surface area contributed by atoms with Crippen molar-refractivity contribution in [2.24, 2.45) is 10.9 Å². The number of likely N-dealkylation sites (N-methyl/N-ethyl adjacent to an activating group) is 1. The number of rotatable bonds is 7. The van der Waals surface area contributed by atoms with Crippen molar-refractivity contribution in [2.75, 3.05) is 43.4 Å². The molecule has 1 fully saturated rings. The van der Waals surface area contributed by atoms with E-state index in [0.717, 1.165) is 49.4 Å². The van der Waals surface area contributed by atoms with Crippen LogP contribution in [-0.2, 0) is 6.61 Å². The van der Waals surface area contributed by atoms with Crippen LogP contribution in [0.5, 0.6) is 5.75 Å². The van der Waals surface area contributed by atoms with Crippen LogP contribution in [0.1, 0.15) is 33.5 Å². The molecule has 0 atom stereocenters. The highest BCUT2D eigenvalue weighted by atomic mass is 16.5. The van der Waals surface area contributed by atoms with Crippen LogP contribution in [0.3, 0.4) is 0 Å². The molecule has 4 rings (SSSR count). The lowest BCUT2D eigenvalue weighted by Gasteiger charge is -2.23. The molecule has 36 heavy (non-hydrogen) atoms. The lowest BCUT2D eigenvalue weighted by molar-refractivity contribution is 0.102. The molecule has 0 saturated carbocycles. The van der Waals surface area contributed by atoms with E-state index in [2.05, 4.69) is 27.3 Å². The van der Waals surface area contributed by atoms with Gasteiger partial charge in [0.2, 0.25) is 0 Å². The highest BCUT2D eigenvalue weighted by Gasteiger charge is 2.15. The number of carbonyl (C=O) groups is 1. The van der Waals surface area contributed by atoms with Gasteiger partial charge in [-0.1, -0.05) is 29.4 Å². The molecule has 0 radical (unpaired) electrons. The Labute approximate surface area is 212 Å². The molecule has 0 spiro atoms. The topological polar surface area (TPSA) is 103 Å². The molecule has 1 amide bonds. The number of nitrogens with two attached hydrogens (primary N) is 1. The van der Waals surface area contributed by atoms with E-state index in [1.54, 1.807) is 24.3 Å². The normalized spacial score (nSPS) is 14.8. The monoisotopic (exact) mass is 487 g/mol. The molecular weight excluding hydrogens is 454 g/mol. The molecule has 3 aromatic carbocycles. The Bertz CT molecular complexity index is 1230. The number of hydrogen-bond acceptors (Lipinski definition) is 6. The summed E-state index contributed by atoms with van der Waals surface area (Å²) < 4.78 is 5.94. The SMILES string of the molecule is Cc1ccc(COc2cccc(/C(N)=N\O)c2)c(NC(=O)c2ccc(N3CCCN(C)CC3)cc2)c1. The quantitative estimate of drug-likeness (QED) is 0.201. The second kappa shape index (κ2) is 11.6. The van der Waals surface area contributed by atoms with Crippen LogP contribution >= 0.6 is 0 Å². The van der Waals surface area contributed by atoms with Crippen molar-refractivity contribution >= 4 is 23.1 Å². The maximum Gasteiger partial charge on any atom is 0.255 e. The van der Waals surface area contributed by atoms with Crippen molar-refractivity contribution in [2.45, 2.75) is 20.0 Å². The first kappa shape index (κ1) is 25.1. The van der Waals surface area contributed by atoms with Gasteiger partial charge in [-0.05, 0) is 75.0 Å². The average Bonchev–Trinajstić information content (AvgIpc) is 3.12. The molecule has 0 unspecified atom stereocenters. The van der Waals surface area contributed by atoms with Gasteiger partial charge in [0.05, 0.1) is 0 Å². The number of hydrogen-bond donors (Lipinski definition) is 3. The highest BCUT2D eigenvalue weighted by molar-refractivity contribution is 6.05. The minimum Gasteiger partial charge on any atom is -0.489 e. The standard InChI is InChI=1S/C28H33N5O3/c1-20-7-8-23(19-36-25-6-3-5-22(18-25)27(29)31-35)26(17-20)30-28(34)21-9-11-24(12-10-21)33-14-4-13-32(2)15-16-33/h3,5-12,17-18,35H,4,13-16,19H2,1-2H3,(H2,29,31)(H,30,34). The summed E-state index contributed by atoms with van der Waals surface area (Å²) in [6.45, 7) is 6.37. The summed E-state index contributed by atoms with van der Waals surface area (Å²) in [7, 11) is 2.15. The Morgan fingerprint density at radius 3 is 2.61 bits per heavy atom. The van der Waals surface area contributed by atoms with E-state index in [-0.39, 0.29) is 18.3 Å². The first-order valence-electron chi connectivity index (χ1n) is 12.1. The van der Waals surface area contributed by atoms with E-state index in [9.17, 15) is 4.79 Å². The van der Waals surface area contributed by atoms with Gasteiger partial charge in [-0.2, -0.15) is 0 Å². The van der Waals surface area contributed by atoms with Gasteiger partial charge in [0, 0.05) is 47.7 Å². The van der Waals surface area contributed by atoms with Crippen LogP contribution in [0.25, 0.3) is 0 Å². The number of nitrogens with zero attached hydrogens (tertiary/aromatic N) is 3. The first-order chi connectivity index (χ1) is 17.4. The van der Waals surface area contributed by atoms with Crippen molar-refractivity contribution in [3.8, 4) is 5.75 Å². The van der Waals surface area contributed by atoms with Gasteiger partial charge in [-0.25, -0.2) is 0 Å². The number of carbonyl (C=O) groups excluding carboxylic acids is 1. The molecule has 3 aromatic rings. The van der Waals surface area contributed by atoms with Gasteiger partial charge in [-0.15, -0.1) is 0 Å². The molecule has 8 heteroatoms. The van der Waals surface area contributed by atoms with Gasteiger partial charge in [0.25, 0.3) is 5.91 Å². The number of amidine groups is 1. The van der Waals surface area contributed by atoms with E-state index in [1.165, 1.54) is 0 Å². The lowest BCUT2D eigenvalue weighted by Crippen LogP contribution is -2.28. The zero-order chi connectivity index (χ0) is 25.5. The van der Waals surface area contributed by atoms with E-state index >= 15 is 0 Å². The minimum absolute atomic E-state index is 0.0120. The summed E-state index contributed by atoms with van der Waals surface area (Å²) in [5.41, 5.74) is 10.6. The van der Waals surface area contributed by atoms with Crippen LogP contribution in [-0.4, -0.2) is 55.1 Å². The van der Waals surface area contributed by atoms with Crippen LogP contribution < -0.4 is 20.7 Å². The van der Waals surface area contributed by atoms with Crippen LogP contribution in [0, 0.1) is 6.92 Å². The molecule has 1 aliphatic heterocycles. The number of anilines is 2. The second-order valence-corrected chi connectivity index (χ2v) is 9.11. The van der Waals surface area contributed by atoms with E-state index in [1.807, 2.05) is 49.4 Å². The smallest absolute Gasteiger partial charge is 0.255 e. The van der Waals surface area contributed by atoms with Gasteiger partial charge in [-0.3, -0.25) is 4.79 Å². The van der Waals surface area contributed by atoms with Gasteiger partial charge in [0.15, 0.2) is 5.84 Å². The minimum atomic E-state index is -0.169. The fraction of sp³-hybridized carbons (Fsp3) is 0.286. The summed E-state index contributed by atoms with van der Waals surface area (Å²) in [5.74, 6) is 0.420. The van der Waals surface area contributed by atoms with Crippen molar-refractivity contribution in [3.05, 3.63) is 89.0 Å². The third-order valence-corrected chi connectivity index (χ3v) is 6.36. The Hall–Kier alpha value is -4.04. The van der Waals surface area contributed by atoms with Gasteiger partial charge < -0.3 is 30.8 Å². The molecule has 0 aromatic heterocycles. The van der Waals surface area contributed by atoms with E-state index < -0.39 is 0 Å². The first-order valence-corrected chi connectivity index (χ1v) is 12.1. The summed E-state index contributed by atoms with van der Waals surface area (Å²) >= 11 is 0. The maximum atomic E-state index is 13.1. The van der Waals surface area contributed by atoms with Crippen molar-refractivity contribution in [1.29, 1.82) is 0 Å². The van der Waals surface area contributed by atoms with Gasteiger partial charge in [0.1, 0.15) is 12.4 Å². The fourth-order valence-corrected chi connectivity index (χ4v) is 4.22. The van der Waals surface area contributed by atoms with Crippen molar-refractivity contribution in [3.63, 3.8) is 0 Å². The van der Waals surface area contributed by atoms with Crippen LogP contribution in [0.2, 0.25) is 0 Å². The summed E-state index contributed by atoms with van der Waals surface area (Å²) in [6.07, 6.45) is 1.13. The number of nitrogens with one attached hydrogen (secondary N) is 1. The summed E-state index contributed by atoms with van der Waals surface area (Å²) in [4.78, 5) is 17.8. The number of aryl methyl sites for hydroxylation is 1. The molecule has 4 N–H and O–H groups in total. The van der Waals surface area contributed by atoms with Crippen molar-refractivity contribution in [1.82, 2.24) is 4.90 Å². The molecule has 1 aliphatic rings. The zero-order valence-corrected chi connectivity index (χ0v) is 20.8. The molecule has 188 valence electrons. The Morgan fingerprint density at radius 1 is 1.03 bits per heavy atom. The molecule has 0 aliphatic carbocycles. The molecule has 1 saturated heterocycles. The Kier molecular flexibility index (Phi) is 8.07. The number of oxime groups is 1. The third-order valence-electron chi connectivity index (χ3n) is 6.36. The van der Waals surface area contributed by atoms with E-state index in [0.29, 0.717) is 22.6 Å². The predicted molar refractivity (Wildman–Crippen MR) is 143 cm³/mol. The molecule has 0 bridgehead atoms. The predicted octanol–water partition coefficient (Wildman–Crippen LogP) is 4.06. The Morgan fingerprint density at radius 2 is 1.83 bits per heavy atom. The van der Waals surface area contributed by atoms with Crippen LogP contribution in [0.15, 0.2) is 71.9 Å². The van der Waals surface area contributed by atoms with Crippen molar-refractivity contribution < 1.29 is 14.7 Å². The average molecular weight is 488 g/mol. The maximum absolute atomic E-state index is 13.1. The number of ether oxygens (including phenoxy) is 1. The molecular formula is C28H33N5O3. The number of amides is 1. The highest BCUT2D eigenvalue weighted by Crippen LogP contribution is 2.23. The Balaban J connectivity index is 1.44. The lowest BCUT2D eigenvalue weighted by atomic mass is 10.1.